The van der Waals surface area contributed by atoms with Crippen LogP contribution in [0.25, 0.3) is 23.4 Å². The lowest BCUT2D eigenvalue weighted by Gasteiger charge is -2.27. The van der Waals surface area contributed by atoms with Gasteiger partial charge in [-0.05, 0) is 76.8 Å². The van der Waals surface area contributed by atoms with Gasteiger partial charge in [0.05, 0.1) is 47.6 Å². The summed E-state index contributed by atoms with van der Waals surface area (Å²) >= 11 is 12.5. The number of imide groups is 2. The predicted molar refractivity (Wildman–Crippen MR) is 220 cm³/mol. The van der Waals surface area contributed by atoms with E-state index in [1.54, 1.807) is 72.8 Å². The van der Waals surface area contributed by atoms with Gasteiger partial charge in [0, 0.05) is 46.5 Å². The summed E-state index contributed by atoms with van der Waals surface area (Å²) in [6.07, 6.45) is 9.69. The summed E-state index contributed by atoms with van der Waals surface area (Å²) in [6, 6.07) is 10.8. The first kappa shape index (κ1) is 40.0. The van der Waals surface area contributed by atoms with E-state index in [0.29, 0.717) is 67.5 Å². The van der Waals surface area contributed by atoms with Gasteiger partial charge >= 0.3 is 6.09 Å². The number of amides is 5. The van der Waals surface area contributed by atoms with E-state index in [-0.39, 0.29) is 35.9 Å². The SMILES string of the molecule is CC(C)(C)OC(=O)N(c1cc(Cl)nc2c(/C=C3\CC(=O)NC3=O)cnn12)C1CC1.N#Cc1ccc(Cl)c(Nc2cc(NC3CC3)n3ncc(/C=C4\CC(=O)NC4=O)c3n2)c1. The number of carbonyl (C=O) groups excluding carboxylic acids is 5. The van der Waals surface area contributed by atoms with Crippen LogP contribution in [-0.4, -0.2) is 76.6 Å². The van der Waals surface area contributed by atoms with Crippen molar-refractivity contribution in [1.29, 1.82) is 5.26 Å². The van der Waals surface area contributed by atoms with Gasteiger partial charge in [-0.1, -0.05) is 23.2 Å². The topological polar surface area (TPSA) is 230 Å². The summed E-state index contributed by atoms with van der Waals surface area (Å²) < 4.78 is 8.72. The molecule has 20 heteroatoms. The van der Waals surface area contributed by atoms with Crippen LogP contribution >= 0.6 is 23.2 Å². The second-order valence-electron chi connectivity index (χ2n) is 15.5. The predicted octanol–water partition coefficient (Wildman–Crippen LogP) is 5.72. The highest BCUT2D eigenvalue weighted by molar-refractivity contribution is 6.33. The van der Waals surface area contributed by atoms with E-state index in [1.807, 2.05) is 6.07 Å². The van der Waals surface area contributed by atoms with Gasteiger partial charge in [0.1, 0.15) is 28.2 Å². The number of nitrogens with zero attached hydrogens (tertiary/aromatic N) is 8. The Hall–Kier alpha value is -6.84. The standard InChI is InChI=1S/C21H16ClN7O2.C19H20ClN5O4/c22-15-4-1-11(9-23)5-16(15)26-17-8-18(25-14-2-3-14)29-20(27-17)13(10-24-29)6-12-7-19(30)28-21(12)31;1-19(2,3)29-18(28)24(12-4-5-12)15-8-13(20)22-16-11(9-21-25(15)16)6-10-7-14(26)23-17(10)27/h1,4-6,8,10,14,25H,2-3,7H2,(H,26,27)(H,28,30,31);6,8-9,12H,4-5,7H2,1-3H3,(H,23,26,27)/b12-6+;10-6+. The molecule has 2 saturated heterocycles. The number of halogens is 2. The first-order chi connectivity index (χ1) is 28.6. The van der Waals surface area contributed by atoms with Gasteiger partial charge < -0.3 is 15.4 Å². The average Bonchev–Trinajstić information content (AvgIpc) is 4.05. The zero-order valence-electron chi connectivity index (χ0n) is 32.4. The van der Waals surface area contributed by atoms with Crippen molar-refractivity contribution >= 4 is 99.5 Å². The number of benzene rings is 1. The number of ether oxygens (including phenoxy) is 1. The fourth-order valence-electron chi connectivity index (χ4n) is 6.41. The maximum absolute atomic E-state index is 12.9. The molecule has 2 saturated carbocycles. The molecule has 60 heavy (non-hydrogen) atoms. The highest BCUT2D eigenvalue weighted by Crippen LogP contribution is 2.35. The zero-order chi connectivity index (χ0) is 42.5. The Labute approximate surface area is 351 Å². The molecule has 1 aromatic carbocycles. The van der Waals surface area contributed by atoms with Crippen molar-refractivity contribution in [2.45, 2.75) is 77.0 Å². The molecule has 9 rings (SSSR count). The lowest BCUT2D eigenvalue weighted by molar-refractivity contribution is -0.125. The summed E-state index contributed by atoms with van der Waals surface area (Å²) in [5.74, 6) is 0.146. The summed E-state index contributed by atoms with van der Waals surface area (Å²) in [5.41, 5.74) is 3.07. The highest BCUT2D eigenvalue weighted by atomic mass is 35.5. The van der Waals surface area contributed by atoms with Crippen molar-refractivity contribution in [3.05, 3.63) is 80.7 Å². The van der Waals surface area contributed by atoms with Gasteiger partial charge in [-0.2, -0.15) is 24.5 Å². The van der Waals surface area contributed by atoms with Gasteiger partial charge in [0.25, 0.3) is 11.8 Å². The minimum absolute atomic E-state index is 0.00393. The summed E-state index contributed by atoms with van der Waals surface area (Å²) in [6.45, 7) is 5.41. The third kappa shape index (κ3) is 8.77. The molecule has 5 amide bonds. The van der Waals surface area contributed by atoms with Crippen LogP contribution in [0.1, 0.15) is 76.0 Å². The van der Waals surface area contributed by atoms with Gasteiger partial charge in [-0.15, -0.1) is 0 Å². The van der Waals surface area contributed by atoms with Crippen LogP contribution in [0.2, 0.25) is 10.2 Å². The third-order valence-electron chi connectivity index (χ3n) is 9.44. The molecule has 306 valence electrons. The molecular weight excluding hydrogens is 815 g/mol. The minimum Gasteiger partial charge on any atom is -0.443 e. The molecule has 4 aliphatic rings. The van der Waals surface area contributed by atoms with Crippen LogP contribution in [-0.2, 0) is 23.9 Å². The molecule has 4 N–H and O–H groups in total. The largest absolute Gasteiger partial charge is 0.443 e. The smallest absolute Gasteiger partial charge is 0.416 e. The van der Waals surface area contributed by atoms with E-state index >= 15 is 0 Å². The molecule has 0 spiro atoms. The van der Waals surface area contributed by atoms with Crippen LogP contribution < -0.4 is 26.2 Å². The van der Waals surface area contributed by atoms with Crippen LogP contribution in [0, 0.1) is 11.3 Å². The monoisotopic (exact) mass is 850 g/mol. The zero-order valence-corrected chi connectivity index (χ0v) is 33.9. The average molecular weight is 852 g/mol. The van der Waals surface area contributed by atoms with E-state index in [4.69, 9.17) is 27.9 Å². The van der Waals surface area contributed by atoms with Gasteiger partial charge in [0.2, 0.25) is 11.8 Å². The van der Waals surface area contributed by atoms with Crippen LogP contribution in [0.5, 0.6) is 0 Å². The molecule has 0 bridgehead atoms. The number of aromatic nitrogens is 6. The van der Waals surface area contributed by atoms with E-state index < -0.39 is 23.5 Å². The number of nitriles is 1. The molecule has 0 unspecified atom stereocenters. The van der Waals surface area contributed by atoms with Gasteiger partial charge in [-0.3, -0.25) is 34.7 Å². The Morgan fingerprint density at radius 3 is 2.07 bits per heavy atom. The molecular formula is C40H36Cl2N12O6. The second kappa shape index (κ2) is 15.7. The van der Waals surface area contributed by atoms with Crippen molar-refractivity contribution in [1.82, 2.24) is 39.8 Å². The molecule has 4 aromatic heterocycles. The molecule has 2 aliphatic heterocycles. The number of carbonyl (C=O) groups is 5. The highest BCUT2D eigenvalue weighted by Gasteiger charge is 2.38. The lowest BCUT2D eigenvalue weighted by atomic mass is 10.1. The normalized spacial score (nSPS) is 17.7. The van der Waals surface area contributed by atoms with Crippen molar-refractivity contribution in [2.24, 2.45) is 0 Å². The van der Waals surface area contributed by atoms with Crippen LogP contribution in [0.15, 0.2) is 53.9 Å². The summed E-state index contributed by atoms with van der Waals surface area (Å²) in [4.78, 5) is 70.1. The van der Waals surface area contributed by atoms with Crippen LogP contribution in [0.3, 0.4) is 0 Å². The van der Waals surface area contributed by atoms with Crippen molar-refractivity contribution in [2.75, 3.05) is 15.5 Å². The Bertz CT molecular complexity index is 2750. The fraction of sp³-hybridized carbons (Fsp3) is 0.300. The fourth-order valence-corrected chi connectivity index (χ4v) is 6.76. The Morgan fingerprint density at radius 2 is 1.52 bits per heavy atom. The van der Waals surface area contributed by atoms with E-state index in [1.165, 1.54) is 10.7 Å². The van der Waals surface area contributed by atoms with Crippen molar-refractivity contribution < 1.29 is 28.7 Å². The lowest BCUT2D eigenvalue weighted by Crippen LogP contribution is -2.39. The Morgan fingerprint density at radius 1 is 0.900 bits per heavy atom. The van der Waals surface area contributed by atoms with E-state index in [2.05, 4.69) is 47.5 Å². The number of hydrogen-bond acceptors (Lipinski definition) is 13. The summed E-state index contributed by atoms with van der Waals surface area (Å²) in [7, 11) is 0. The number of rotatable bonds is 8. The number of fused-ring (bicyclic) bond motifs is 2. The van der Waals surface area contributed by atoms with Crippen LogP contribution in [0.4, 0.5) is 27.9 Å². The first-order valence-electron chi connectivity index (χ1n) is 18.9. The minimum atomic E-state index is -0.651. The molecule has 5 aromatic rings. The van der Waals surface area contributed by atoms with Crippen molar-refractivity contribution in [3.63, 3.8) is 0 Å². The maximum Gasteiger partial charge on any atom is 0.416 e. The number of hydrogen-bond donors (Lipinski definition) is 4. The maximum atomic E-state index is 12.9. The van der Waals surface area contributed by atoms with E-state index in [9.17, 15) is 29.2 Å². The first-order valence-corrected chi connectivity index (χ1v) is 19.7. The number of anilines is 4. The molecule has 0 radical (unpaired) electrons. The third-order valence-corrected chi connectivity index (χ3v) is 9.96. The molecule has 0 atom stereocenters. The second-order valence-corrected chi connectivity index (χ2v) is 16.3. The van der Waals surface area contributed by atoms with Gasteiger partial charge in [0.15, 0.2) is 11.3 Å². The molecule has 6 heterocycles. The molecule has 4 fully saturated rings. The Kier molecular flexibility index (Phi) is 10.5. The quantitative estimate of drug-likeness (QED) is 0.0833. The molecule has 2 aliphatic carbocycles. The summed E-state index contributed by atoms with van der Waals surface area (Å²) in [5, 5.41) is 29.7. The Balaban J connectivity index is 0.000000167. The number of nitrogens with one attached hydrogen (secondary N) is 4. The molecule has 18 nitrogen and oxygen atoms in total. The van der Waals surface area contributed by atoms with Gasteiger partial charge in [-0.25, -0.2) is 14.8 Å². The van der Waals surface area contributed by atoms with E-state index in [0.717, 1.165) is 31.5 Å². The van der Waals surface area contributed by atoms with Crippen molar-refractivity contribution in [3.8, 4) is 6.07 Å².